The summed E-state index contributed by atoms with van der Waals surface area (Å²) in [6.07, 6.45) is 0. The summed E-state index contributed by atoms with van der Waals surface area (Å²) in [6.45, 7) is 1.74. The topological polar surface area (TPSA) is 87.7 Å². The zero-order valence-electron chi connectivity index (χ0n) is 8.70. The monoisotopic (exact) mass is 241 g/mol. The van der Waals surface area contributed by atoms with Crippen molar-refractivity contribution < 1.29 is 10.0 Å². The fraction of sp³-hybridized carbons (Fsp3) is 0.200. The molecular weight excluding hydrogens is 230 g/mol. The maximum atomic E-state index is 11.7. The molecule has 6 heteroatoms. The summed E-state index contributed by atoms with van der Waals surface area (Å²) < 4.78 is 0. The zero-order chi connectivity index (χ0) is 12.1. The summed E-state index contributed by atoms with van der Waals surface area (Å²) in [5, 5.41) is 14.1. The van der Waals surface area contributed by atoms with Crippen molar-refractivity contribution in [2.45, 2.75) is 6.92 Å². The van der Waals surface area contributed by atoms with Crippen LogP contribution in [-0.2, 0) is 0 Å². The van der Waals surface area contributed by atoms with Crippen molar-refractivity contribution in [3.05, 3.63) is 34.3 Å². The lowest BCUT2D eigenvalue weighted by molar-refractivity contribution is 0.0958. The number of halogens is 1. The summed E-state index contributed by atoms with van der Waals surface area (Å²) in [7, 11) is 0. The Morgan fingerprint density at radius 2 is 2.31 bits per heavy atom. The molecule has 0 heterocycles. The van der Waals surface area contributed by atoms with Crippen molar-refractivity contribution in [3.63, 3.8) is 0 Å². The lowest BCUT2D eigenvalue weighted by Crippen LogP contribution is -2.33. The third kappa shape index (κ3) is 2.87. The second kappa shape index (κ2) is 5.37. The Hall–Kier alpha value is -1.75. The van der Waals surface area contributed by atoms with Gasteiger partial charge >= 0.3 is 0 Å². The van der Waals surface area contributed by atoms with Gasteiger partial charge in [-0.1, -0.05) is 22.8 Å². The third-order valence-electron chi connectivity index (χ3n) is 2.07. The molecule has 16 heavy (non-hydrogen) atoms. The van der Waals surface area contributed by atoms with E-state index in [1.165, 1.54) is 0 Å². The Labute approximate surface area is 97.9 Å². The van der Waals surface area contributed by atoms with Crippen molar-refractivity contribution >= 4 is 23.3 Å². The first-order valence-electron chi connectivity index (χ1n) is 4.56. The van der Waals surface area contributed by atoms with Gasteiger partial charge in [-0.2, -0.15) is 0 Å². The van der Waals surface area contributed by atoms with E-state index in [4.69, 9.17) is 22.5 Å². The van der Waals surface area contributed by atoms with Gasteiger partial charge in [0.05, 0.1) is 6.54 Å². The first-order valence-corrected chi connectivity index (χ1v) is 4.93. The molecule has 0 spiro atoms. The standard InChI is InChI=1S/C10H12ClN3O2/c1-6-7(3-2-4-8(6)11)10(15)13-5-9(12)14-16/h2-4,16H,5H2,1H3,(H2,12,14)(H,13,15). The summed E-state index contributed by atoms with van der Waals surface area (Å²) in [4.78, 5) is 11.7. The van der Waals surface area contributed by atoms with Crippen LogP contribution in [0.3, 0.4) is 0 Å². The molecule has 4 N–H and O–H groups in total. The van der Waals surface area contributed by atoms with Crippen molar-refractivity contribution in [2.75, 3.05) is 6.54 Å². The molecule has 0 fully saturated rings. The maximum Gasteiger partial charge on any atom is 0.251 e. The second-order valence-corrected chi connectivity index (χ2v) is 3.59. The molecular formula is C10H12ClN3O2. The van der Waals surface area contributed by atoms with Gasteiger partial charge in [0.1, 0.15) is 0 Å². The lowest BCUT2D eigenvalue weighted by atomic mass is 10.1. The van der Waals surface area contributed by atoms with Crippen LogP contribution in [0, 0.1) is 6.92 Å². The molecule has 0 aromatic heterocycles. The number of hydrogen-bond acceptors (Lipinski definition) is 3. The normalized spacial score (nSPS) is 11.2. The summed E-state index contributed by atoms with van der Waals surface area (Å²) >= 11 is 5.88. The molecule has 1 rings (SSSR count). The highest BCUT2D eigenvalue weighted by Gasteiger charge is 2.10. The van der Waals surface area contributed by atoms with Crippen molar-refractivity contribution in [1.82, 2.24) is 5.32 Å². The average Bonchev–Trinajstić information content (AvgIpc) is 2.29. The number of nitrogens with zero attached hydrogens (tertiary/aromatic N) is 1. The van der Waals surface area contributed by atoms with Gasteiger partial charge in [-0.25, -0.2) is 0 Å². The molecule has 0 aliphatic carbocycles. The van der Waals surface area contributed by atoms with Gasteiger partial charge in [0, 0.05) is 10.6 Å². The smallest absolute Gasteiger partial charge is 0.251 e. The van der Waals surface area contributed by atoms with Gasteiger partial charge < -0.3 is 16.3 Å². The number of nitrogens with two attached hydrogens (primary N) is 1. The van der Waals surface area contributed by atoms with E-state index < -0.39 is 0 Å². The number of amidine groups is 1. The number of carbonyl (C=O) groups excluding carboxylic acids is 1. The fourth-order valence-electron chi connectivity index (χ4n) is 1.15. The van der Waals surface area contributed by atoms with Gasteiger partial charge in [-0.3, -0.25) is 4.79 Å². The first-order chi connectivity index (χ1) is 7.56. The Balaban J connectivity index is 2.78. The van der Waals surface area contributed by atoms with E-state index in [0.717, 1.165) is 0 Å². The van der Waals surface area contributed by atoms with Crippen molar-refractivity contribution in [2.24, 2.45) is 10.9 Å². The van der Waals surface area contributed by atoms with Crippen molar-refractivity contribution in [1.29, 1.82) is 0 Å². The van der Waals surface area contributed by atoms with E-state index in [1.807, 2.05) is 0 Å². The molecule has 0 radical (unpaired) electrons. The molecule has 5 nitrogen and oxygen atoms in total. The SMILES string of the molecule is Cc1c(Cl)cccc1C(=O)NC/C(N)=N/O. The highest BCUT2D eigenvalue weighted by atomic mass is 35.5. The number of amides is 1. The Bertz CT molecular complexity index is 432. The minimum Gasteiger partial charge on any atom is -0.409 e. The first kappa shape index (κ1) is 12.3. The molecule has 0 aliphatic heterocycles. The molecule has 0 bridgehead atoms. The quantitative estimate of drug-likeness (QED) is 0.321. The van der Waals surface area contributed by atoms with Crippen LogP contribution in [0.1, 0.15) is 15.9 Å². The molecule has 1 aromatic rings. The van der Waals surface area contributed by atoms with Crippen LogP contribution in [0.4, 0.5) is 0 Å². The summed E-state index contributed by atoms with van der Waals surface area (Å²) in [5.74, 6) is -0.375. The van der Waals surface area contributed by atoms with Crippen LogP contribution < -0.4 is 11.1 Å². The minimum atomic E-state index is -0.313. The van der Waals surface area contributed by atoms with E-state index in [2.05, 4.69) is 10.5 Å². The number of oxime groups is 1. The van der Waals surface area contributed by atoms with Crippen LogP contribution in [0.5, 0.6) is 0 Å². The second-order valence-electron chi connectivity index (χ2n) is 3.19. The van der Waals surface area contributed by atoms with Crippen LogP contribution >= 0.6 is 11.6 Å². The summed E-state index contributed by atoms with van der Waals surface area (Å²) in [6, 6.07) is 5.05. The van der Waals surface area contributed by atoms with Gasteiger partial charge in [0.25, 0.3) is 5.91 Å². The number of hydrogen-bond donors (Lipinski definition) is 3. The molecule has 0 aliphatic rings. The average molecular weight is 242 g/mol. The molecule has 0 unspecified atom stereocenters. The minimum absolute atomic E-state index is 0.0126. The van der Waals surface area contributed by atoms with E-state index in [1.54, 1.807) is 25.1 Å². The number of benzene rings is 1. The molecule has 1 aromatic carbocycles. The molecule has 86 valence electrons. The van der Waals surface area contributed by atoms with E-state index in [9.17, 15) is 4.79 Å². The Kier molecular flexibility index (Phi) is 4.13. The highest BCUT2D eigenvalue weighted by Crippen LogP contribution is 2.18. The largest absolute Gasteiger partial charge is 0.409 e. The van der Waals surface area contributed by atoms with Gasteiger partial charge in [0.15, 0.2) is 5.84 Å². The van der Waals surface area contributed by atoms with Gasteiger partial charge in [0.2, 0.25) is 0 Å². The predicted molar refractivity (Wildman–Crippen MR) is 61.9 cm³/mol. The van der Waals surface area contributed by atoms with Gasteiger partial charge in [-0.15, -0.1) is 0 Å². The fourth-order valence-corrected chi connectivity index (χ4v) is 1.33. The van der Waals surface area contributed by atoms with Crippen LogP contribution in [0.15, 0.2) is 23.4 Å². The molecule has 0 saturated heterocycles. The van der Waals surface area contributed by atoms with E-state index in [-0.39, 0.29) is 18.3 Å². The lowest BCUT2D eigenvalue weighted by Gasteiger charge is -2.07. The third-order valence-corrected chi connectivity index (χ3v) is 2.48. The Morgan fingerprint density at radius 1 is 1.62 bits per heavy atom. The highest BCUT2D eigenvalue weighted by molar-refractivity contribution is 6.31. The van der Waals surface area contributed by atoms with Crippen molar-refractivity contribution in [3.8, 4) is 0 Å². The molecule has 1 amide bonds. The molecule has 0 saturated carbocycles. The van der Waals surface area contributed by atoms with E-state index >= 15 is 0 Å². The van der Waals surface area contributed by atoms with E-state index in [0.29, 0.717) is 16.1 Å². The zero-order valence-corrected chi connectivity index (χ0v) is 9.45. The number of carbonyl (C=O) groups is 1. The Morgan fingerprint density at radius 3 is 2.94 bits per heavy atom. The number of nitrogens with one attached hydrogen (secondary N) is 1. The summed E-state index contributed by atoms with van der Waals surface area (Å²) in [5.41, 5.74) is 6.39. The molecule has 0 atom stereocenters. The predicted octanol–water partition coefficient (Wildman–Crippen LogP) is 1.12. The maximum absolute atomic E-state index is 11.7. The van der Waals surface area contributed by atoms with Gasteiger partial charge in [-0.05, 0) is 24.6 Å². The number of rotatable bonds is 3. The van der Waals surface area contributed by atoms with Crippen LogP contribution in [0.25, 0.3) is 0 Å². The van der Waals surface area contributed by atoms with Crippen LogP contribution in [0.2, 0.25) is 5.02 Å². The van der Waals surface area contributed by atoms with Crippen LogP contribution in [-0.4, -0.2) is 23.5 Å².